The molecule has 2 aliphatic heterocycles. The Kier molecular flexibility index (Phi) is 22.0. The molecule has 2 saturated heterocycles. The van der Waals surface area contributed by atoms with Crippen LogP contribution in [-0.2, 0) is 69.1 Å². The quantitative estimate of drug-likeness (QED) is 0.0752. The van der Waals surface area contributed by atoms with Crippen molar-refractivity contribution in [2.75, 3.05) is 54.9 Å². The van der Waals surface area contributed by atoms with Gasteiger partial charge in [0.2, 0.25) is 0 Å². The predicted molar refractivity (Wildman–Crippen MR) is 257 cm³/mol. The summed E-state index contributed by atoms with van der Waals surface area (Å²) in [5, 5.41) is 15.1. The lowest BCUT2D eigenvalue weighted by Crippen LogP contribution is -2.33. The number of ether oxygens (including phenoxy) is 8. The standard InChI is InChI=1S/2C23H36FN5O6S/c2*1-14(2)34-21(22-25-9-17(24)10-26-22)16(4)36(30,31)13-20-27-28-23(19-8-7-15(3)35-19)29(20)18(11-32-5)12-33-6/h2*9-10,14-16,18-19,21H,7-8,11-13H2,1-6H3/t15-,16+,19-,21-;15-,16-,19-,21+/m10/s1. The minimum absolute atomic E-state index is 0.0697. The molecule has 4 aromatic heterocycles. The number of hydrogen-bond acceptors (Lipinski definition) is 20. The first-order valence-electron chi connectivity index (χ1n) is 24.0. The van der Waals surface area contributed by atoms with E-state index in [1.54, 1.807) is 65.3 Å². The molecule has 26 heteroatoms. The van der Waals surface area contributed by atoms with E-state index in [-0.39, 0.29) is 98.4 Å². The Morgan fingerprint density at radius 2 is 0.875 bits per heavy atom. The molecule has 0 aromatic carbocycles. The molecule has 0 radical (unpaired) electrons. The fourth-order valence-electron chi connectivity index (χ4n) is 8.54. The van der Waals surface area contributed by atoms with Gasteiger partial charge in [0.05, 0.1) is 98.2 Å². The number of halogens is 2. The second-order valence-corrected chi connectivity index (χ2v) is 23.3. The Hall–Kier alpha value is -4.12. The fraction of sp³-hybridized carbons (Fsp3) is 0.739. The molecule has 22 nitrogen and oxygen atoms in total. The highest BCUT2D eigenvalue weighted by atomic mass is 32.2. The van der Waals surface area contributed by atoms with Crippen molar-refractivity contribution < 1.29 is 63.5 Å². The van der Waals surface area contributed by atoms with E-state index in [0.717, 1.165) is 50.5 Å². The predicted octanol–water partition coefficient (Wildman–Crippen LogP) is 5.50. The highest BCUT2D eigenvalue weighted by Crippen LogP contribution is 2.36. The monoisotopic (exact) mass is 1060 g/mol. The van der Waals surface area contributed by atoms with E-state index in [4.69, 9.17) is 37.9 Å². The second-order valence-electron chi connectivity index (χ2n) is 18.6. The molecule has 0 unspecified atom stereocenters. The topological polar surface area (TPSA) is 255 Å². The first-order chi connectivity index (χ1) is 34.1. The third-order valence-corrected chi connectivity index (χ3v) is 16.1. The maximum Gasteiger partial charge on any atom is 0.163 e. The fourth-order valence-corrected chi connectivity index (χ4v) is 11.3. The highest BCUT2D eigenvalue weighted by Gasteiger charge is 2.40. The van der Waals surface area contributed by atoms with E-state index >= 15 is 0 Å². The smallest absolute Gasteiger partial charge is 0.163 e. The lowest BCUT2D eigenvalue weighted by atomic mass is 10.2. The summed E-state index contributed by atoms with van der Waals surface area (Å²) in [6.45, 7) is 15.2. The van der Waals surface area contributed by atoms with Gasteiger partial charge in [0.25, 0.3) is 0 Å². The van der Waals surface area contributed by atoms with Crippen LogP contribution in [0.3, 0.4) is 0 Å². The average Bonchev–Trinajstić information content (AvgIpc) is 4.14. The van der Waals surface area contributed by atoms with Crippen LogP contribution in [0.4, 0.5) is 8.78 Å². The molecule has 0 N–H and O–H groups in total. The summed E-state index contributed by atoms with van der Waals surface area (Å²) >= 11 is 0. The van der Waals surface area contributed by atoms with Crippen molar-refractivity contribution in [1.29, 1.82) is 0 Å². The van der Waals surface area contributed by atoms with Crippen LogP contribution >= 0.6 is 0 Å². The van der Waals surface area contributed by atoms with E-state index < -0.39 is 65.5 Å². The van der Waals surface area contributed by atoms with Crippen molar-refractivity contribution in [3.05, 3.63) is 71.4 Å². The zero-order chi connectivity index (χ0) is 52.9. The normalized spacial score (nSPS) is 20.4. The minimum atomic E-state index is -3.87. The van der Waals surface area contributed by atoms with Gasteiger partial charge in [-0.15, -0.1) is 20.4 Å². The lowest BCUT2D eigenvalue weighted by Gasteiger charge is -2.26. The van der Waals surface area contributed by atoms with Crippen molar-refractivity contribution in [1.82, 2.24) is 49.5 Å². The number of hydrogen-bond donors (Lipinski definition) is 0. The van der Waals surface area contributed by atoms with Crippen LogP contribution < -0.4 is 0 Å². The lowest BCUT2D eigenvalue weighted by molar-refractivity contribution is 0.00110. The summed E-state index contributed by atoms with van der Waals surface area (Å²) in [5.41, 5.74) is 0. The molecule has 6 rings (SSSR count). The van der Waals surface area contributed by atoms with E-state index in [9.17, 15) is 25.6 Å². The zero-order valence-electron chi connectivity index (χ0n) is 43.3. The van der Waals surface area contributed by atoms with Crippen LogP contribution in [0.2, 0.25) is 0 Å². The molecule has 6 heterocycles. The Balaban J connectivity index is 0.000000267. The third kappa shape index (κ3) is 15.5. The van der Waals surface area contributed by atoms with Crippen LogP contribution in [0.25, 0.3) is 0 Å². The Morgan fingerprint density at radius 1 is 0.556 bits per heavy atom. The SMILES string of the molecule is COCC(COC)n1c(CS(=O)(=O)[C@@H](C)[C@@H](OC(C)C)c2ncc(F)cn2)nnc1[C@@H]1CC[C@H](C)O1.COCC(COC)n1c(CS(=O)(=O)[C@@H](C)[C@@H](OC(C)C)c2ncc(F)cn2)nnc1[C@H]1CC[C@@H](C)O1. The molecular weight excluding hydrogens is 987 g/mol. The number of nitrogens with zero attached hydrogens (tertiary/aromatic N) is 10. The van der Waals surface area contributed by atoms with Gasteiger partial charge in [-0.3, -0.25) is 0 Å². The van der Waals surface area contributed by atoms with Gasteiger partial charge in [-0.25, -0.2) is 45.6 Å². The molecule has 8 atom stereocenters. The van der Waals surface area contributed by atoms with Gasteiger partial charge in [-0.05, 0) is 81.1 Å². The molecule has 0 bridgehead atoms. The molecular formula is C46H72F2N10O12S2. The molecule has 0 spiro atoms. The van der Waals surface area contributed by atoms with Crippen LogP contribution in [0.1, 0.15) is 153 Å². The van der Waals surface area contributed by atoms with E-state index in [2.05, 4.69) is 40.3 Å². The van der Waals surface area contributed by atoms with Crippen molar-refractivity contribution >= 4 is 19.7 Å². The van der Waals surface area contributed by atoms with Crippen molar-refractivity contribution in [3.8, 4) is 0 Å². The summed E-state index contributed by atoms with van der Waals surface area (Å²) in [6, 6.07) is -0.707. The number of sulfone groups is 2. The Bertz CT molecular complexity index is 2320. The summed E-state index contributed by atoms with van der Waals surface area (Å²) in [7, 11) is -1.47. The van der Waals surface area contributed by atoms with Crippen molar-refractivity contribution in [3.63, 3.8) is 0 Å². The first-order valence-corrected chi connectivity index (χ1v) is 27.4. The van der Waals surface area contributed by atoms with E-state index in [1.165, 1.54) is 13.8 Å². The largest absolute Gasteiger partial charge is 0.382 e. The van der Waals surface area contributed by atoms with Gasteiger partial charge < -0.3 is 47.0 Å². The highest BCUT2D eigenvalue weighted by molar-refractivity contribution is 7.91. The van der Waals surface area contributed by atoms with Crippen LogP contribution in [-0.4, -0.2) is 156 Å². The average molecular weight is 1060 g/mol. The molecule has 2 aliphatic rings. The van der Waals surface area contributed by atoms with Crippen LogP contribution in [0.15, 0.2) is 24.8 Å². The Morgan fingerprint density at radius 3 is 1.14 bits per heavy atom. The molecule has 404 valence electrons. The second kappa shape index (κ2) is 26.9. The van der Waals surface area contributed by atoms with Crippen molar-refractivity contribution in [2.24, 2.45) is 0 Å². The number of aromatic nitrogens is 10. The van der Waals surface area contributed by atoms with Gasteiger partial charge in [0, 0.05) is 28.4 Å². The summed E-state index contributed by atoms with van der Waals surface area (Å²) in [6.07, 6.45) is 4.10. The maximum absolute atomic E-state index is 13.7. The van der Waals surface area contributed by atoms with Gasteiger partial charge in [-0.2, -0.15) is 0 Å². The van der Waals surface area contributed by atoms with E-state index in [1.807, 2.05) is 13.8 Å². The molecule has 0 aliphatic carbocycles. The summed E-state index contributed by atoms with van der Waals surface area (Å²) in [4.78, 5) is 15.9. The van der Waals surface area contributed by atoms with Gasteiger partial charge in [0.1, 0.15) is 47.6 Å². The molecule has 4 aromatic rings. The zero-order valence-corrected chi connectivity index (χ0v) is 44.9. The van der Waals surface area contributed by atoms with Crippen molar-refractivity contribution in [2.45, 2.75) is 164 Å². The molecule has 2 fully saturated rings. The van der Waals surface area contributed by atoms with E-state index in [0.29, 0.717) is 11.6 Å². The molecule has 0 amide bonds. The number of rotatable bonds is 26. The Labute approximate surface area is 421 Å². The maximum atomic E-state index is 13.7. The first kappa shape index (κ1) is 58.8. The van der Waals surface area contributed by atoms with Gasteiger partial charge >= 0.3 is 0 Å². The molecule has 72 heavy (non-hydrogen) atoms. The van der Waals surface area contributed by atoms with Crippen LogP contribution in [0.5, 0.6) is 0 Å². The number of methoxy groups -OCH3 is 4. The minimum Gasteiger partial charge on any atom is -0.382 e. The molecule has 0 saturated carbocycles. The summed E-state index contributed by atoms with van der Waals surface area (Å²) in [5.74, 6) is -0.278. The van der Waals surface area contributed by atoms with Crippen LogP contribution in [0, 0.1) is 11.6 Å². The van der Waals surface area contributed by atoms with Gasteiger partial charge in [0.15, 0.2) is 54.6 Å². The third-order valence-electron chi connectivity index (χ3n) is 12.1. The summed E-state index contributed by atoms with van der Waals surface area (Å²) < 4.78 is 130. The van der Waals surface area contributed by atoms with Gasteiger partial charge in [-0.1, -0.05) is 0 Å².